The maximum absolute atomic E-state index is 5.99. The topological polar surface area (TPSA) is 42.1 Å². The number of nitrogens with zero attached hydrogens (tertiary/aromatic N) is 2. The van der Waals surface area contributed by atoms with Gasteiger partial charge in [-0.3, -0.25) is 4.90 Å². The predicted octanol–water partition coefficient (Wildman–Crippen LogP) is 2.29. The maximum atomic E-state index is 5.99. The molecule has 0 radical (unpaired) electrons. The Bertz CT molecular complexity index is 350. The molecule has 94 valence electrons. The summed E-state index contributed by atoms with van der Waals surface area (Å²) in [4.78, 5) is 6.57. The lowest BCUT2D eigenvalue weighted by molar-refractivity contribution is 0.154. The van der Waals surface area contributed by atoms with Gasteiger partial charge in [-0.05, 0) is 43.9 Å². The highest BCUT2D eigenvalue weighted by Gasteiger charge is 2.22. The summed E-state index contributed by atoms with van der Waals surface area (Å²) < 4.78 is 0. The van der Waals surface area contributed by atoms with Crippen molar-refractivity contribution in [2.24, 2.45) is 11.7 Å². The predicted molar refractivity (Wildman–Crippen MR) is 70.9 cm³/mol. The molecule has 0 saturated carbocycles. The smallest absolute Gasteiger partial charge is 0.129 e. The third-order valence-corrected chi connectivity index (χ3v) is 3.70. The first kappa shape index (κ1) is 12.8. The van der Waals surface area contributed by atoms with Crippen LogP contribution in [-0.2, 0) is 6.54 Å². The average molecular weight is 254 g/mol. The van der Waals surface area contributed by atoms with Crippen molar-refractivity contribution in [2.75, 3.05) is 13.1 Å². The van der Waals surface area contributed by atoms with Gasteiger partial charge in [-0.1, -0.05) is 17.7 Å². The van der Waals surface area contributed by atoms with Crippen LogP contribution >= 0.6 is 11.6 Å². The number of hydrogen-bond donors (Lipinski definition) is 1. The summed E-state index contributed by atoms with van der Waals surface area (Å²) in [6.07, 6.45) is 4.36. The van der Waals surface area contributed by atoms with E-state index in [0.717, 1.165) is 19.6 Å². The van der Waals surface area contributed by atoms with Gasteiger partial charge in [0.05, 0.1) is 0 Å². The average Bonchev–Trinajstić information content (AvgIpc) is 2.32. The van der Waals surface area contributed by atoms with Crippen LogP contribution in [0, 0.1) is 5.92 Å². The van der Waals surface area contributed by atoms with Crippen LogP contribution in [0.25, 0.3) is 0 Å². The number of nitrogens with two attached hydrogens (primary N) is 1. The molecule has 0 spiro atoms. The van der Waals surface area contributed by atoms with Gasteiger partial charge in [0.15, 0.2) is 0 Å². The number of aromatic nitrogens is 1. The summed E-state index contributed by atoms with van der Waals surface area (Å²) >= 11 is 5.78. The molecule has 1 fully saturated rings. The fraction of sp³-hybridized carbons (Fsp3) is 0.615. The molecular weight excluding hydrogens is 234 g/mol. The zero-order valence-electron chi connectivity index (χ0n) is 10.3. The number of hydrogen-bond acceptors (Lipinski definition) is 3. The van der Waals surface area contributed by atoms with Crippen LogP contribution in [0.1, 0.15) is 25.3 Å². The Balaban J connectivity index is 1.92. The van der Waals surface area contributed by atoms with E-state index in [1.807, 2.05) is 18.3 Å². The zero-order chi connectivity index (χ0) is 12.3. The molecule has 1 aliphatic heterocycles. The zero-order valence-corrected chi connectivity index (χ0v) is 11.0. The van der Waals surface area contributed by atoms with Crippen molar-refractivity contribution in [2.45, 2.75) is 32.4 Å². The molecule has 3 nitrogen and oxygen atoms in total. The molecule has 2 unspecified atom stereocenters. The van der Waals surface area contributed by atoms with Crippen LogP contribution in [0.3, 0.4) is 0 Å². The fourth-order valence-corrected chi connectivity index (χ4v) is 2.53. The van der Waals surface area contributed by atoms with Crippen LogP contribution in [0.4, 0.5) is 0 Å². The van der Waals surface area contributed by atoms with Gasteiger partial charge < -0.3 is 5.73 Å². The summed E-state index contributed by atoms with van der Waals surface area (Å²) in [5, 5.41) is 0.556. The summed E-state index contributed by atoms with van der Waals surface area (Å²) in [5.74, 6) is 0.629. The molecule has 2 heterocycles. The van der Waals surface area contributed by atoms with Crippen LogP contribution in [0.2, 0.25) is 5.15 Å². The van der Waals surface area contributed by atoms with Crippen molar-refractivity contribution in [1.82, 2.24) is 9.88 Å². The van der Waals surface area contributed by atoms with E-state index in [1.54, 1.807) is 0 Å². The van der Waals surface area contributed by atoms with Crippen molar-refractivity contribution >= 4 is 11.6 Å². The molecule has 0 bridgehead atoms. The van der Waals surface area contributed by atoms with E-state index in [2.05, 4.69) is 16.8 Å². The van der Waals surface area contributed by atoms with Gasteiger partial charge in [0, 0.05) is 25.3 Å². The van der Waals surface area contributed by atoms with Crippen LogP contribution < -0.4 is 5.73 Å². The summed E-state index contributed by atoms with van der Waals surface area (Å²) in [7, 11) is 0. The number of pyridine rings is 1. The number of piperidine rings is 1. The molecule has 2 N–H and O–H groups in total. The van der Waals surface area contributed by atoms with Crippen molar-refractivity contribution in [3.8, 4) is 0 Å². The second-order valence-corrected chi connectivity index (χ2v) is 5.37. The van der Waals surface area contributed by atoms with E-state index in [9.17, 15) is 0 Å². The molecule has 2 atom stereocenters. The molecule has 1 aromatic heterocycles. The summed E-state index contributed by atoms with van der Waals surface area (Å²) in [5.41, 5.74) is 7.21. The van der Waals surface area contributed by atoms with E-state index in [-0.39, 0.29) is 0 Å². The molecule has 1 aliphatic rings. The highest BCUT2D eigenvalue weighted by Crippen LogP contribution is 2.20. The van der Waals surface area contributed by atoms with E-state index < -0.39 is 0 Å². The Morgan fingerprint density at radius 3 is 3.06 bits per heavy atom. The van der Waals surface area contributed by atoms with Gasteiger partial charge in [0.2, 0.25) is 0 Å². The third kappa shape index (κ3) is 3.66. The Kier molecular flexibility index (Phi) is 4.37. The molecule has 0 aliphatic carbocycles. The second kappa shape index (κ2) is 5.80. The number of rotatable bonds is 3. The lowest BCUT2D eigenvalue weighted by atomic mass is 9.92. The molecule has 2 rings (SSSR count). The standard InChI is InChI=1S/C13H20ClN3/c1-10(15)12-3-2-6-17(9-12)8-11-4-5-13(14)16-7-11/h4-5,7,10,12H,2-3,6,8-9,15H2,1H3. The molecule has 1 saturated heterocycles. The Morgan fingerprint density at radius 2 is 2.41 bits per heavy atom. The van der Waals surface area contributed by atoms with Crippen molar-refractivity contribution in [1.29, 1.82) is 0 Å². The Hall–Kier alpha value is -0.640. The summed E-state index contributed by atoms with van der Waals surface area (Å²) in [6.45, 7) is 5.32. The molecule has 0 amide bonds. The number of halogens is 1. The first-order chi connectivity index (χ1) is 8.15. The van der Waals surface area contributed by atoms with Crippen LogP contribution in [0.5, 0.6) is 0 Å². The summed E-state index contributed by atoms with van der Waals surface area (Å²) in [6, 6.07) is 4.19. The van der Waals surface area contributed by atoms with Crippen LogP contribution in [-0.4, -0.2) is 29.0 Å². The van der Waals surface area contributed by atoms with Gasteiger partial charge in [0.1, 0.15) is 5.15 Å². The van der Waals surface area contributed by atoms with Crippen molar-refractivity contribution < 1.29 is 0 Å². The van der Waals surface area contributed by atoms with Crippen LogP contribution in [0.15, 0.2) is 18.3 Å². The Labute approximate surface area is 108 Å². The van der Waals surface area contributed by atoms with Gasteiger partial charge in [-0.25, -0.2) is 4.98 Å². The first-order valence-corrected chi connectivity index (χ1v) is 6.61. The quantitative estimate of drug-likeness (QED) is 0.841. The molecule has 17 heavy (non-hydrogen) atoms. The van der Waals surface area contributed by atoms with Gasteiger partial charge in [-0.15, -0.1) is 0 Å². The van der Waals surface area contributed by atoms with Gasteiger partial charge >= 0.3 is 0 Å². The molecule has 4 heteroatoms. The fourth-order valence-electron chi connectivity index (χ4n) is 2.42. The van der Waals surface area contributed by atoms with E-state index in [4.69, 9.17) is 17.3 Å². The second-order valence-electron chi connectivity index (χ2n) is 4.99. The van der Waals surface area contributed by atoms with Gasteiger partial charge in [-0.2, -0.15) is 0 Å². The lowest BCUT2D eigenvalue weighted by Gasteiger charge is -2.34. The number of likely N-dealkylation sites (tertiary alicyclic amines) is 1. The third-order valence-electron chi connectivity index (χ3n) is 3.48. The van der Waals surface area contributed by atoms with E-state index in [1.165, 1.54) is 18.4 Å². The SMILES string of the molecule is CC(N)C1CCCN(Cc2ccc(Cl)nc2)C1. The van der Waals surface area contributed by atoms with E-state index >= 15 is 0 Å². The Morgan fingerprint density at radius 1 is 1.59 bits per heavy atom. The van der Waals surface area contributed by atoms with Crippen molar-refractivity contribution in [3.05, 3.63) is 29.0 Å². The minimum absolute atomic E-state index is 0.293. The first-order valence-electron chi connectivity index (χ1n) is 6.23. The maximum Gasteiger partial charge on any atom is 0.129 e. The normalized spacial score (nSPS) is 23.6. The molecule has 1 aromatic rings. The van der Waals surface area contributed by atoms with Gasteiger partial charge in [0.25, 0.3) is 0 Å². The monoisotopic (exact) mass is 253 g/mol. The highest BCUT2D eigenvalue weighted by molar-refractivity contribution is 6.29. The largest absolute Gasteiger partial charge is 0.328 e. The van der Waals surface area contributed by atoms with Crippen molar-refractivity contribution in [3.63, 3.8) is 0 Å². The molecule has 0 aromatic carbocycles. The molecular formula is C13H20ClN3. The lowest BCUT2D eigenvalue weighted by Crippen LogP contribution is -2.41. The minimum atomic E-state index is 0.293. The van der Waals surface area contributed by atoms with E-state index in [0.29, 0.717) is 17.1 Å². The highest BCUT2D eigenvalue weighted by atomic mass is 35.5. The minimum Gasteiger partial charge on any atom is -0.328 e.